The lowest BCUT2D eigenvalue weighted by Gasteiger charge is -2.10. The van der Waals surface area contributed by atoms with Crippen molar-refractivity contribution in [1.29, 1.82) is 0 Å². The molecule has 6 heteroatoms. The van der Waals surface area contributed by atoms with Crippen molar-refractivity contribution in [2.24, 2.45) is 0 Å². The van der Waals surface area contributed by atoms with Crippen LogP contribution in [0.25, 0.3) is 11.1 Å². The molecule has 2 aromatic rings. The second-order valence-electron chi connectivity index (χ2n) is 4.68. The van der Waals surface area contributed by atoms with Crippen LogP contribution in [0, 0.1) is 0 Å². The Kier molecular flexibility index (Phi) is 4.40. The van der Waals surface area contributed by atoms with E-state index in [0.717, 1.165) is 12.1 Å². The van der Waals surface area contributed by atoms with Gasteiger partial charge < -0.3 is 9.84 Å². The number of halogens is 3. The van der Waals surface area contributed by atoms with Gasteiger partial charge in [-0.1, -0.05) is 18.2 Å². The van der Waals surface area contributed by atoms with Gasteiger partial charge in [-0.15, -0.1) is 0 Å². The van der Waals surface area contributed by atoms with Crippen LogP contribution in [0.3, 0.4) is 0 Å². The number of hydrogen-bond donors (Lipinski definition) is 1. The molecule has 2 rings (SSSR count). The first-order valence-electron chi connectivity index (χ1n) is 6.37. The molecular weight excluding hydrogens is 297 g/mol. The molecule has 0 aliphatic carbocycles. The number of esters is 1. The van der Waals surface area contributed by atoms with Gasteiger partial charge in [0.15, 0.2) is 0 Å². The van der Waals surface area contributed by atoms with Gasteiger partial charge in [-0.2, -0.15) is 13.2 Å². The van der Waals surface area contributed by atoms with Gasteiger partial charge in [0.25, 0.3) is 0 Å². The summed E-state index contributed by atoms with van der Waals surface area (Å²) in [6, 6.07) is 8.95. The van der Waals surface area contributed by atoms with Crippen LogP contribution >= 0.6 is 0 Å². The Morgan fingerprint density at radius 3 is 2.32 bits per heavy atom. The Labute approximate surface area is 125 Å². The third-order valence-electron chi connectivity index (χ3n) is 3.16. The van der Waals surface area contributed by atoms with Gasteiger partial charge in [0.1, 0.15) is 5.75 Å². The zero-order valence-electron chi connectivity index (χ0n) is 11.6. The molecule has 1 N–H and O–H groups in total. The number of hydrogen-bond acceptors (Lipinski definition) is 3. The molecule has 3 nitrogen and oxygen atoms in total. The fourth-order valence-electron chi connectivity index (χ4n) is 2.00. The zero-order chi connectivity index (χ0) is 16.3. The van der Waals surface area contributed by atoms with Gasteiger partial charge in [0, 0.05) is 5.56 Å². The van der Waals surface area contributed by atoms with Gasteiger partial charge in [0.05, 0.1) is 19.1 Å². The van der Waals surface area contributed by atoms with Crippen LogP contribution in [-0.4, -0.2) is 18.2 Å². The lowest BCUT2D eigenvalue weighted by Crippen LogP contribution is -2.05. The van der Waals surface area contributed by atoms with Crippen molar-refractivity contribution < 1.29 is 27.8 Å². The van der Waals surface area contributed by atoms with Crippen molar-refractivity contribution in [3.8, 4) is 16.9 Å². The summed E-state index contributed by atoms with van der Waals surface area (Å²) in [5.74, 6) is -0.516. The van der Waals surface area contributed by atoms with Gasteiger partial charge in [-0.25, -0.2) is 0 Å². The van der Waals surface area contributed by atoms with Crippen LogP contribution in [-0.2, 0) is 22.1 Å². The third-order valence-corrected chi connectivity index (χ3v) is 3.16. The van der Waals surface area contributed by atoms with Crippen molar-refractivity contribution in [3.05, 3.63) is 53.6 Å². The SMILES string of the molecule is COC(=O)Cc1ccc(O)c(-c2ccc(C(F)(F)F)cc2)c1. The Balaban J connectivity index is 2.35. The lowest BCUT2D eigenvalue weighted by molar-refractivity contribution is -0.140. The normalized spacial score (nSPS) is 11.3. The molecule has 0 aliphatic heterocycles. The molecular formula is C16H13F3O3. The molecule has 0 atom stereocenters. The third kappa shape index (κ3) is 3.58. The molecule has 116 valence electrons. The number of aromatic hydroxyl groups is 1. The number of methoxy groups -OCH3 is 1. The van der Waals surface area contributed by atoms with Crippen LogP contribution in [0.15, 0.2) is 42.5 Å². The monoisotopic (exact) mass is 310 g/mol. The first kappa shape index (κ1) is 15.9. The summed E-state index contributed by atoms with van der Waals surface area (Å²) in [7, 11) is 1.26. The number of ether oxygens (including phenoxy) is 1. The fraction of sp³-hybridized carbons (Fsp3) is 0.188. The molecule has 0 fully saturated rings. The van der Waals surface area contributed by atoms with Gasteiger partial charge in [-0.05, 0) is 35.4 Å². The zero-order valence-corrected chi connectivity index (χ0v) is 11.6. The van der Waals surface area contributed by atoms with Crippen molar-refractivity contribution in [2.45, 2.75) is 12.6 Å². The highest BCUT2D eigenvalue weighted by atomic mass is 19.4. The van der Waals surface area contributed by atoms with Crippen molar-refractivity contribution >= 4 is 5.97 Å². The van der Waals surface area contributed by atoms with E-state index in [9.17, 15) is 23.1 Å². The minimum Gasteiger partial charge on any atom is -0.507 e. The summed E-state index contributed by atoms with van der Waals surface area (Å²) in [4.78, 5) is 11.3. The first-order chi connectivity index (χ1) is 10.3. The summed E-state index contributed by atoms with van der Waals surface area (Å²) in [6.45, 7) is 0. The van der Waals surface area contributed by atoms with E-state index in [0.29, 0.717) is 16.7 Å². The number of carbonyl (C=O) groups is 1. The summed E-state index contributed by atoms with van der Waals surface area (Å²) < 4.78 is 42.2. The predicted octanol–water partition coefficient (Wildman–Crippen LogP) is 3.79. The predicted molar refractivity (Wildman–Crippen MR) is 74.3 cm³/mol. The van der Waals surface area contributed by atoms with E-state index in [1.165, 1.54) is 25.3 Å². The molecule has 0 aliphatic rings. The average Bonchev–Trinajstić information content (AvgIpc) is 2.48. The first-order valence-corrected chi connectivity index (χ1v) is 6.37. The average molecular weight is 310 g/mol. The van der Waals surface area contributed by atoms with Gasteiger partial charge in [-0.3, -0.25) is 4.79 Å². The number of alkyl halides is 3. The smallest absolute Gasteiger partial charge is 0.416 e. The highest BCUT2D eigenvalue weighted by molar-refractivity contribution is 5.76. The molecule has 0 amide bonds. The van der Waals surface area contributed by atoms with E-state index in [1.807, 2.05) is 0 Å². The molecule has 0 heterocycles. The quantitative estimate of drug-likeness (QED) is 0.877. The lowest BCUT2D eigenvalue weighted by atomic mass is 9.99. The minimum absolute atomic E-state index is 0.0183. The van der Waals surface area contributed by atoms with Crippen LogP contribution < -0.4 is 0 Å². The largest absolute Gasteiger partial charge is 0.507 e. The number of phenolic OH excluding ortho intramolecular Hbond substituents is 1. The van der Waals surface area contributed by atoms with Gasteiger partial charge in [0.2, 0.25) is 0 Å². The molecule has 0 bridgehead atoms. The van der Waals surface area contributed by atoms with Crippen LogP contribution in [0.1, 0.15) is 11.1 Å². The van der Waals surface area contributed by atoms with Crippen LogP contribution in [0.5, 0.6) is 5.75 Å². The topological polar surface area (TPSA) is 46.5 Å². The maximum Gasteiger partial charge on any atom is 0.416 e. The molecule has 0 aromatic heterocycles. The van der Waals surface area contributed by atoms with Crippen molar-refractivity contribution in [1.82, 2.24) is 0 Å². The van der Waals surface area contributed by atoms with Crippen molar-refractivity contribution in [3.63, 3.8) is 0 Å². The standard InChI is InChI=1S/C16H13F3O3/c1-22-15(21)9-10-2-7-14(20)13(8-10)11-3-5-12(6-4-11)16(17,18)19/h2-8,20H,9H2,1H3. The fourth-order valence-corrected chi connectivity index (χ4v) is 2.00. The summed E-state index contributed by atoms with van der Waals surface area (Å²) in [6.07, 6.45) is -4.39. The van der Waals surface area contributed by atoms with E-state index in [1.54, 1.807) is 12.1 Å². The van der Waals surface area contributed by atoms with E-state index in [-0.39, 0.29) is 12.2 Å². The second kappa shape index (κ2) is 6.09. The van der Waals surface area contributed by atoms with E-state index in [4.69, 9.17) is 0 Å². The van der Waals surface area contributed by atoms with E-state index >= 15 is 0 Å². The maximum absolute atomic E-state index is 12.5. The molecule has 0 spiro atoms. The minimum atomic E-state index is -4.41. The Hall–Kier alpha value is -2.50. The number of rotatable bonds is 3. The highest BCUT2D eigenvalue weighted by Gasteiger charge is 2.30. The van der Waals surface area contributed by atoms with Crippen LogP contribution in [0.2, 0.25) is 0 Å². The highest BCUT2D eigenvalue weighted by Crippen LogP contribution is 2.34. The van der Waals surface area contributed by atoms with Gasteiger partial charge >= 0.3 is 12.1 Å². The summed E-state index contributed by atoms with van der Waals surface area (Å²) >= 11 is 0. The molecule has 0 saturated carbocycles. The number of benzene rings is 2. The molecule has 2 aromatic carbocycles. The Bertz CT molecular complexity index is 676. The molecule has 0 saturated heterocycles. The second-order valence-corrected chi connectivity index (χ2v) is 4.68. The molecule has 22 heavy (non-hydrogen) atoms. The van der Waals surface area contributed by atoms with E-state index < -0.39 is 17.7 Å². The Morgan fingerprint density at radius 2 is 1.77 bits per heavy atom. The molecule has 0 unspecified atom stereocenters. The van der Waals surface area contributed by atoms with Crippen molar-refractivity contribution in [2.75, 3.05) is 7.11 Å². The summed E-state index contributed by atoms with van der Waals surface area (Å²) in [5.41, 5.74) is 0.619. The Morgan fingerprint density at radius 1 is 1.14 bits per heavy atom. The van der Waals surface area contributed by atoms with E-state index in [2.05, 4.69) is 4.74 Å². The number of carbonyl (C=O) groups excluding carboxylic acids is 1. The maximum atomic E-state index is 12.5. The molecule has 0 radical (unpaired) electrons. The number of phenols is 1. The van der Waals surface area contributed by atoms with Crippen LogP contribution in [0.4, 0.5) is 13.2 Å². The summed E-state index contributed by atoms with van der Waals surface area (Å²) in [5, 5.41) is 9.87.